The van der Waals surface area contributed by atoms with Gasteiger partial charge in [0.05, 0.1) is 5.56 Å². The van der Waals surface area contributed by atoms with E-state index in [1.54, 1.807) is 32.9 Å². The van der Waals surface area contributed by atoms with Gasteiger partial charge in [-0.2, -0.15) is 0 Å². The lowest BCUT2D eigenvalue weighted by Gasteiger charge is -2.17. The summed E-state index contributed by atoms with van der Waals surface area (Å²) in [5, 5.41) is 10.8. The fourth-order valence-corrected chi connectivity index (χ4v) is 1.26. The lowest BCUT2D eigenvalue weighted by Crippen LogP contribution is -2.22. The van der Waals surface area contributed by atoms with Gasteiger partial charge in [0, 0.05) is 11.0 Å². The summed E-state index contributed by atoms with van der Waals surface area (Å²) in [5.41, 5.74) is -0.423. The largest absolute Gasteiger partial charge is 0.387 e. The lowest BCUT2D eigenvalue weighted by atomic mass is 9.85. The molecule has 0 aliphatic heterocycles. The first-order valence-corrected chi connectivity index (χ1v) is 4.69. The second-order valence-electron chi connectivity index (χ2n) is 4.41. The molecular weight excluding hydrogens is 192 g/mol. The van der Waals surface area contributed by atoms with Gasteiger partial charge in [-0.15, -0.1) is 0 Å². The molecule has 0 bridgehead atoms. The van der Waals surface area contributed by atoms with E-state index in [-0.39, 0.29) is 16.9 Å². The topological polar surface area (TPSA) is 54.0 Å². The van der Waals surface area contributed by atoms with E-state index in [9.17, 15) is 14.7 Å². The molecule has 15 heavy (non-hydrogen) atoms. The van der Waals surface area contributed by atoms with Gasteiger partial charge in [-0.05, 0) is 6.07 Å². The van der Waals surface area contributed by atoms with Crippen LogP contribution in [0.5, 0.6) is 0 Å². The summed E-state index contributed by atoms with van der Waals surface area (Å²) < 4.78 is 0. The summed E-state index contributed by atoms with van der Waals surface area (Å²) in [6.07, 6.45) is 0. The molecule has 79 valence electrons. The zero-order valence-electron chi connectivity index (χ0n) is 9.03. The highest BCUT2D eigenvalue weighted by Gasteiger charge is 2.26. The maximum atomic E-state index is 11.9. The van der Waals surface area contributed by atoms with Gasteiger partial charge in [0.2, 0.25) is 0 Å². The van der Waals surface area contributed by atoms with Crippen LogP contribution in [-0.2, 0) is 5.11 Å². The first-order valence-electron chi connectivity index (χ1n) is 4.69. The van der Waals surface area contributed by atoms with E-state index in [1.165, 1.54) is 12.1 Å². The van der Waals surface area contributed by atoms with E-state index >= 15 is 0 Å². The van der Waals surface area contributed by atoms with E-state index in [1.807, 2.05) is 0 Å². The predicted octanol–water partition coefficient (Wildman–Crippen LogP) is 2.49. The van der Waals surface area contributed by atoms with Gasteiger partial charge in [0.1, 0.15) is 0 Å². The van der Waals surface area contributed by atoms with Gasteiger partial charge in [-0.25, -0.2) is 9.90 Å². The fraction of sp³-hybridized carbons (Fsp3) is 0.333. The molecule has 0 heterocycles. The molecule has 0 atom stereocenters. The van der Waals surface area contributed by atoms with Gasteiger partial charge in [-0.1, -0.05) is 39.0 Å². The quantitative estimate of drug-likeness (QED) is 0.696. The molecule has 1 radical (unpaired) electrons. The van der Waals surface area contributed by atoms with Crippen LogP contribution in [0.2, 0.25) is 0 Å². The van der Waals surface area contributed by atoms with E-state index in [4.69, 9.17) is 0 Å². The molecule has 0 fully saturated rings. The third-order valence-electron chi connectivity index (χ3n) is 2.07. The molecule has 0 aliphatic rings. The Balaban J connectivity index is 3.26. The minimum absolute atomic E-state index is 0.0441. The van der Waals surface area contributed by atoms with E-state index in [0.717, 1.165) is 0 Å². The number of hydrogen-bond donors (Lipinski definition) is 0. The van der Waals surface area contributed by atoms with Gasteiger partial charge >= 0.3 is 5.97 Å². The Kier molecular flexibility index (Phi) is 2.93. The van der Waals surface area contributed by atoms with Gasteiger partial charge in [0.25, 0.3) is 0 Å². The number of carbonyl (C=O) groups is 2. The number of rotatable bonds is 2. The first-order chi connectivity index (χ1) is 6.84. The number of hydrogen-bond acceptors (Lipinski definition) is 2. The summed E-state index contributed by atoms with van der Waals surface area (Å²) in [6, 6.07) is 6.11. The van der Waals surface area contributed by atoms with Gasteiger partial charge in [-0.3, -0.25) is 4.79 Å². The normalized spacial score (nSPS) is 11.1. The second kappa shape index (κ2) is 3.85. The van der Waals surface area contributed by atoms with Gasteiger partial charge in [0.15, 0.2) is 5.78 Å². The van der Waals surface area contributed by atoms with Crippen molar-refractivity contribution in [3.8, 4) is 0 Å². The van der Waals surface area contributed by atoms with Crippen LogP contribution in [0.3, 0.4) is 0 Å². The summed E-state index contributed by atoms with van der Waals surface area (Å²) in [6.45, 7) is 5.25. The highest BCUT2D eigenvalue weighted by molar-refractivity contribution is 6.07. The van der Waals surface area contributed by atoms with Crippen LogP contribution >= 0.6 is 0 Å². The minimum Gasteiger partial charge on any atom is -0.294 e. The highest BCUT2D eigenvalue weighted by Crippen LogP contribution is 2.23. The third-order valence-corrected chi connectivity index (χ3v) is 2.07. The Bertz CT molecular complexity index is 400. The van der Waals surface area contributed by atoms with Crippen molar-refractivity contribution in [3.05, 3.63) is 35.4 Å². The Hall–Kier alpha value is -1.64. The van der Waals surface area contributed by atoms with E-state index < -0.39 is 11.4 Å². The lowest BCUT2D eigenvalue weighted by molar-refractivity contribution is 0.0567. The molecule has 3 heteroatoms. The standard InChI is InChI=1S/C12H13O3/c1-12(2,3)10(13)8-6-4-5-7-9(8)11(14)15/h4-7H,1-3H3. The smallest absolute Gasteiger partial charge is 0.294 e. The molecule has 0 N–H and O–H groups in total. The van der Waals surface area contributed by atoms with Crippen LogP contribution in [0.1, 0.15) is 41.5 Å². The first kappa shape index (κ1) is 11.4. The van der Waals surface area contributed by atoms with Crippen LogP contribution in [0.15, 0.2) is 24.3 Å². The Labute approximate surface area is 88.7 Å². The van der Waals surface area contributed by atoms with E-state index in [2.05, 4.69) is 0 Å². The van der Waals surface area contributed by atoms with Crippen LogP contribution in [-0.4, -0.2) is 11.8 Å². The molecule has 0 aromatic heterocycles. The molecule has 1 rings (SSSR count). The molecule has 1 aromatic rings. The average Bonchev–Trinajstić information content (AvgIpc) is 2.15. The predicted molar refractivity (Wildman–Crippen MR) is 55.2 cm³/mol. The molecule has 0 aliphatic carbocycles. The monoisotopic (exact) mass is 205 g/mol. The zero-order valence-corrected chi connectivity index (χ0v) is 9.03. The van der Waals surface area contributed by atoms with Crippen LogP contribution < -0.4 is 0 Å². The Morgan fingerprint density at radius 1 is 1.00 bits per heavy atom. The number of Topliss-reactive ketones (excluding diaryl/α,β-unsaturated/α-hetero) is 1. The van der Waals surface area contributed by atoms with Crippen LogP contribution in [0.25, 0.3) is 0 Å². The molecule has 1 aromatic carbocycles. The van der Waals surface area contributed by atoms with Crippen molar-refractivity contribution in [1.29, 1.82) is 0 Å². The van der Waals surface area contributed by atoms with Gasteiger partial charge < -0.3 is 0 Å². The Morgan fingerprint density at radius 2 is 1.47 bits per heavy atom. The van der Waals surface area contributed by atoms with Crippen molar-refractivity contribution >= 4 is 11.8 Å². The molecule has 3 nitrogen and oxygen atoms in total. The molecule has 0 saturated heterocycles. The molecule has 0 saturated carbocycles. The van der Waals surface area contributed by atoms with Crippen molar-refractivity contribution < 1.29 is 14.7 Å². The molecular formula is C12H13O3. The maximum Gasteiger partial charge on any atom is 0.387 e. The SMILES string of the molecule is CC(C)(C)C(=O)c1ccccc1C([O])=O. The minimum atomic E-state index is -1.32. The van der Waals surface area contributed by atoms with Crippen molar-refractivity contribution in [3.63, 3.8) is 0 Å². The summed E-state index contributed by atoms with van der Waals surface area (Å²) in [4.78, 5) is 22.7. The summed E-state index contributed by atoms with van der Waals surface area (Å²) in [5.74, 6) is -1.51. The maximum absolute atomic E-state index is 11.9. The van der Waals surface area contributed by atoms with Crippen molar-refractivity contribution in [2.75, 3.05) is 0 Å². The Morgan fingerprint density at radius 3 is 1.87 bits per heavy atom. The number of benzene rings is 1. The molecule has 0 amide bonds. The fourth-order valence-electron chi connectivity index (χ4n) is 1.26. The van der Waals surface area contributed by atoms with Crippen LogP contribution in [0, 0.1) is 5.41 Å². The third kappa shape index (κ3) is 2.43. The van der Waals surface area contributed by atoms with Crippen molar-refractivity contribution in [2.45, 2.75) is 20.8 Å². The summed E-state index contributed by atoms with van der Waals surface area (Å²) in [7, 11) is 0. The average molecular weight is 205 g/mol. The number of carbonyl (C=O) groups excluding carboxylic acids is 2. The van der Waals surface area contributed by atoms with Crippen LogP contribution in [0.4, 0.5) is 0 Å². The highest BCUT2D eigenvalue weighted by atomic mass is 16.4. The second-order valence-corrected chi connectivity index (χ2v) is 4.41. The molecule has 0 spiro atoms. The summed E-state index contributed by atoms with van der Waals surface area (Å²) >= 11 is 0. The van der Waals surface area contributed by atoms with Crippen molar-refractivity contribution in [1.82, 2.24) is 0 Å². The van der Waals surface area contributed by atoms with Crippen molar-refractivity contribution in [2.24, 2.45) is 5.41 Å². The number of ketones is 1. The zero-order chi connectivity index (χ0) is 11.6. The van der Waals surface area contributed by atoms with E-state index in [0.29, 0.717) is 0 Å². The molecule has 0 unspecified atom stereocenters.